The van der Waals surface area contributed by atoms with Crippen LogP contribution < -0.4 is 9.47 Å². The molecule has 0 heterocycles. The van der Waals surface area contributed by atoms with E-state index in [0.717, 1.165) is 48.3 Å². The molecule has 4 aliphatic carbocycles. The minimum absolute atomic E-state index is 0.0244. The zero-order chi connectivity index (χ0) is 50.6. The third-order valence-corrected chi connectivity index (χ3v) is 18.1. The Morgan fingerprint density at radius 1 is 0.606 bits per heavy atom. The highest BCUT2D eigenvalue weighted by atomic mass is 16.5. The van der Waals surface area contributed by atoms with Crippen LogP contribution in [0.25, 0.3) is 5.57 Å². The molecule has 71 heavy (non-hydrogen) atoms. The number of carbonyl (C=O) groups is 4. The van der Waals surface area contributed by atoms with Crippen LogP contribution in [0, 0.1) is 58.2 Å². The van der Waals surface area contributed by atoms with Crippen molar-refractivity contribution in [2.24, 2.45) is 58.2 Å². The minimum atomic E-state index is -1.18. The van der Waals surface area contributed by atoms with E-state index in [1.165, 1.54) is 101 Å². The predicted octanol–water partition coefficient (Wildman–Crippen LogP) is 14.6. The van der Waals surface area contributed by atoms with Crippen molar-refractivity contribution >= 4 is 29.5 Å². The molecule has 0 amide bonds. The van der Waals surface area contributed by atoms with Crippen molar-refractivity contribution in [2.45, 2.75) is 138 Å². The lowest BCUT2D eigenvalue weighted by Crippen LogP contribution is -2.53. The van der Waals surface area contributed by atoms with Crippen molar-refractivity contribution in [1.29, 1.82) is 0 Å². The number of hydrogen-bond donors (Lipinski definition) is 4. The first-order valence-corrected chi connectivity index (χ1v) is 26.3. The predicted molar refractivity (Wildman–Crippen MR) is 275 cm³/mol. The zero-order valence-corrected chi connectivity index (χ0v) is 42.3. The van der Waals surface area contributed by atoms with E-state index in [9.17, 15) is 39.6 Å². The van der Waals surface area contributed by atoms with Gasteiger partial charge in [-0.25, -0.2) is 19.2 Å². The second kappa shape index (κ2) is 21.8. The van der Waals surface area contributed by atoms with Gasteiger partial charge in [0.2, 0.25) is 0 Å². The van der Waals surface area contributed by atoms with Crippen LogP contribution in [0.3, 0.4) is 0 Å². The van der Waals surface area contributed by atoms with Gasteiger partial charge in [-0.15, -0.1) is 0 Å². The van der Waals surface area contributed by atoms with Crippen molar-refractivity contribution in [3.63, 3.8) is 0 Å². The number of carboxylic acids is 4. The first-order valence-electron chi connectivity index (χ1n) is 26.3. The fourth-order valence-corrected chi connectivity index (χ4v) is 14.3. The van der Waals surface area contributed by atoms with Gasteiger partial charge in [-0.1, -0.05) is 96.4 Å². The summed E-state index contributed by atoms with van der Waals surface area (Å²) in [5, 5.41) is 39.5. The monoisotopic (exact) mass is 967 g/mol. The van der Waals surface area contributed by atoms with Crippen LogP contribution in [0.2, 0.25) is 0 Å². The number of fused-ring (bicyclic) bond motifs is 5. The lowest BCUT2D eigenvalue weighted by Gasteiger charge is -2.61. The normalized spacial score (nSPS) is 26.1. The highest BCUT2D eigenvalue weighted by Gasteiger charge is 2.60. The van der Waals surface area contributed by atoms with E-state index in [-0.39, 0.29) is 47.0 Å². The van der Waals surface area contributed by atoms with E-state index >= 15 is 0 Å². The summed E-state index contributed by atoms with van der Waals surface area (Å²) >= 11 is 0. The summed E-state index contributed by atoms with van der Waals surface area (Å²) in [6.07, 6.45) is 19.8. The Morgan fingerprint density at radius 2 is 1.13 bits per heavy atom. The third kappa shape index (κ3) is 11.3. The van der Waals surface area contributed by atoms with Crippen molar-refractivity contribution in [1.82, 2.24) is 0 Å². The number of allylic oxidation sites excluding steroid dienone is 1. The summed E-state index contributed by atoms with van der Waals surface area (Å²) in [5.41, 5.74) is 4.27. The molecule has 4 aromatic rings. The van der Waals surface area contributed by atoms with Crippen LogP contribution in [0.15, 0.2) is 91.0 Å². The minimum Gasteiger partial charge on any atom is -0.488 e. The molecule has 0 unspecified atom stereocenters. The van der Waals surface area contributed by atoms with Gasteiger partial charge in [-0.2, -0.15) is 0 Å². The average molecular weight is 967 g/mol. The molecule has 10 nitrogen and oxygen atoms in total. The van der Waals surface area contributed by atoms with Crippen LogP contribution in [0.5, 0.6) is 11.5 Å². The molecule has 0 aromatic heterocycles. The van der Waals surface area contributed by atoms with Crippen molar-refractivity contribution < 1.29 is 49.1 Å². The SMILES string of the molecule is CC(C)CCC[C@@H](C)[C@H]1CC[C@H]2[C@@H]3CC[C@H]4C[C@@H](CCC=C(c5ccc(OCc6ccc(C(=O)O)cc6)c(C(=O)O)c5)c5ccc(OCc6ccc(C(=O)O)cc6)c(C(=O)O)c5)CC[C@]4(C)[C@H]3CC[C@]12C. The molecular formula is C61H74O10. The molecule has 4 saturated carbocycles. The maximum Gasteiger partial charge on any atom is 0.339 e. The quantitative estimate of drug-likeness (QED) is 0.0669. The Bertz CT molecular complexity index is 2470. The van der Waals surface area contributed by atoms with E-state index < -0.39 is 23.9 Å². The molecule has 10 heteroatoms. The van der Waals surface area contributed by atoms with E-state index in [1.807, 2.05) is 0 Å². The second-order valence-electron chi connectivity index (χ2n) is 22.6. The highest BCUT2D eigenvalue weighted by Crippen LogP contribution is 2.69. The van der Waals surface area contributed by atoms with Crippen LogP contribution in [0.1, 0.15) is 188 Å². The lowest BCUT2D eigenvalue weighted by atomic mass is 9.44. The summed E-state index contributed by atoms with van der Waals surface area (Å²) < 4.78 is 12.0. The van der Waals surface area contributed by atoms with Crippen molar-refractivity contribution in [3.8, 4) is 11.5 Å². The molecule has 4 fully saturated rings. The molecule has 0 aliphatic heterocycles. The van der Waals surface area contributed by atoms with Gasteiger partial charge in [0, 0.05) is 0 Å². The maximum absolute atomic E-state index is 12.8. The fraction of sp³-hybridized carbons (Fsp3) is 0.508. The van der Waals surface area contributed by atoms with E-state index in [2.05, 4.69) is 40.7 Å². The number of benzene rings is 4. The summed E-state index contributed by atoms with van der Waals surface area (Å²) in [7, 11) is 0. The van der Waals surface area contributed by atoms with Gasteiger partial charge in [0.05, 0.1) is 11.1 Å². The first-order chi connectivity index (χ1) is 33.9. The molecule has 378 valence electrons. The molecule has 0 bridgehead atoms. The topological polar surface area (TPSA) is 168 Å². The van der Waals surface area contributed by atoms with Crippen LogP contribution in [-0.2, 0) is 13.2 Å². The highest BCUT2D eigenvalue weighted by molar-refractivity contribution is 5.95. The van der Waals surface area contributed by atoms with E-state index in [4.69, 9.17) is 9.47 Å². The van der Waals surface area contributed by atoms with Gasteiger partial charge in [-0.3, -0.25) is 0 Å². The van der Waals surface area contributed by atoms with Gasteiger partial charge in [0.25, 0.3) is 0 Å². The Morgan fingerprint density at radius 3 is 1.65 bits per heavy atom. The molecule has 8 rings (SSSR count). The Hall–Kier alpha value is -5.90. The molecule has 4 aromatic carbocycles. The zero-order valence-electron chi connectivity index (χ0n) is 42.3. The maximum atomic E-state index is 12.8. The van der Waals surface area contributed by atoms with Crippen molar-refractivity contribution in [3.05, 3.63) is 136 Å². The smallest absolute Gasteiger partial charge is 0.339 e. The number of ether oxygens (including phenoxy) is 2. The molecule has 0 saturated heterocycles. The van der Waals surface area contributed by atoms with Gasteiger partial charge < -0.3 is 29.9 Å². The van der Waals surface area contributed by atoms with Crippen LogP contribution in [0.4, 0.5) is 0 Å². The number of carboxylic acid groups (broad SMARTS) is 4. The number of aromatic carboxylic acids is 4. The second-order valence-corrected chi connectivity index (χ2v) is 22.6. The van der Waals surface area contributed by atoms with Gasteiger partial charge in [0.15, 0.2) is 0 Å². The molecule has 0 spiro atoms. The van der Waals surface area contributed by atoms with Gasteiger partial charge in [-0.05, 0) is 205 Å². The van der Waals surface area contributed by atoms with Crippen LogP contribution in [-0.4, -0.2) is 44.3 Å². The average Bonchev–Trinajstić information content (AvgIpc) is 3.71. The molecular weight excluding hydrogens is 893 g/mol. The fourth-order valence-electron chi connectivity index (χ4n) is 14.3. The number of hydrogen-bond acceptors (Lipinski definition) is 6. The number of rotatable bonds is 20. The summed E-state index contributed by atoms with van der Waals surface area (Å²) in [4.78, 5) is 48.4. The molecule has 9 atom stereocenters. The van der Waals surface area contributed by atoms with E-state index in [0.29, 0.717) is 50.5 Å². The summed E-state index contributed by atoms with van der Waals surface area (Å²) in [5.74, 6) is 2.08. The summed E-state index contributed by atoms with van der Waals surface area (Å²) in [6, 6.07) is 22.4. The van der Waals surface area contributed by atoms with Gasteiger partial charge in [0.1, 0.15) is 35.8 Å². The molecule has 4 N–H and O–H groups in total. The molecule has 4 aliphatic rings. The van der Waals surface area contributed by atoms with Crippen molar-refractivity contribution in [2.75, 3.05) is 0 Å². The largest absolute Gasteiger partial charge is 0.488 e. The standard InChI is InChI=1S/C61H74O10/c1-37(2)8-6-9-38(3)51-24-25-52-48-23-22-46-32-39(28-30-60(46,4)53(48)29-31-61(51,52)5)10-7-11-47(44-20-26-54(49(33-44)58(66)67)70-35-40-12-16-42(17-13-40)56(62)63)45-21-27-55(50(34-45)59(68)69)71-36-41-14-18-43(19-15-41)57(64)65/h11-21,26-27,33-34,37-39,46,48,51-53H,6-10,22-25,28-32,35-36H2,1-5H3,(H,62,63)(H,64,65)(H,66,67)(H,68,69)/t38-,39+,46+,48+,51-,52+,53+,60+,61-/m1/s1. The Balaban J connectivity index is 0.999. The summed E-state index contributed by atoms with van der Waals surface area (Å²) in [6.45, 7) is 12.6. The van der Waals surface area contributed by atoms with E-state index in [1.54, 1.807) is 60.7 Å². The third-order valence-electron chi connectivity index (χ3n) is 18.1. The first kappa shape index (κ1) is 51.5. The Kier molecular flexibility index (Phi) is 15.8. The molecule has 0 radical (unpaired) electrons. The lowest BCUT2D eigenvalue weighted by molar-refractivity contribution is -0.121. The van der Waals surface area contributed by atoms with Gasteiger partial charge >= 0.3 is 23.9 Å². The van der Waals surface area contributed by atoms with Crippen LogP contribution >= 0.6 is 0 Å². The Labute approximate surface area is 419 Å².